The summed E-state index contributed by atoms with van der Waals surface area (Å²) in [6, 6.07) is 0. The predicted molar refractivity (Wildman–Crippen MR) is 103 cm³/mol. The molecule has 2 heterocycles. The average molecular weight is 416 g/mol. The molecule has 1 aliphatic rings. The first-order valence-electron chi connectivity index (χ1n) is 9.22. The molecular weight excluding hydrogens is 386 g/mol. The van der Waals surface area contributed by atoms with Gasteiger partial charge in [-0.25, -0.2) is 18.0 Å². The molecule has 158 valence electrons. The molecule has 1 aliphatic heterocycles. The van der Waals surface area contributed by atoms with E-state index in [4.69, 9.17) is 9.47 Å². The number of aromatic amines is 1. The zero-order chi connectivity index (χ0) is 21.3. The Labute approximate surface area is 166 Å². The molecule has 0 atom stereocenters. The summed E-state index contributed by atoms with van der Waals surface area (Å²) in [7, 11) is -3.84. The van der Waals surface area contributed by atoms with Crippen molar-refractivity contribution in [1.82, 2.24) is 14.2 Å². The van der Waals surface area contributed by atoms with Crippen LogP contribution in [0, 0.1) is 13.8 Å². The molecule has 0 unspecified atom stereocenters. The van der Waals surface area contributed by atoms with E-state index in [0.29, 0.717) is 11.1 Å². The van der Waals surface area contributed by atoms with E-state index >= 15 is 0 Å². The number of amides is 1. The molecule has 1 aromatic heterocycles. The second-order valence-electron chi connectivity index (χ2n) is 7.67. The second kappa shape index (κ2) is 8.12. The summed E-state index contributed by atoms with van der Waals surface area (Å²) in [4.78, 5) is 28.4. The first kappa shape index (κ1) is 22.2. The van der Waals surface area contributed by atoms with Gasteiger partial charge in [0, 0.05) is 26.2 Å². The van der Waals surface area contributed by atoms with Crippen LogP contribution in [0.25, 0.3) is 0 Å². The molecule has 0 aliphatic carbocycles. The number of ether oxygens (including phenoxy) is 2. The average Bonchev–Trinajstić information content (AvgIpc) is 2.90. The van der Waals surface area contributed by atoms with E-state index in [2.05, 4.69) is 4.98 Å². The SMILES string of the molecule is CCOC(=O)c1[nH]c(S(=O)(=O)N2CCN(C(=O)OC(C)(C)C)CC2)c(C)c1C. The van der Waals surface area contributed by atoms with Gasteiger partial charge in [0.15, 0.2) is 5.03 Å². The molecule has 1 fully saturated rings. The van der Waals surface area contributed by atoms with E-state index in [9.17, 15) is 18.0 Å². The van der Waals surface area contributed by atoms with Crippen LogP contribution in [0.1, 0.15) is 49.3 Å². The molecule has 1 N–H and O–H groups in total. The van der Waals surface area contributed by atoms with Crippen LogP contribution >= 0.6 is 0 Å². The minimum absolute atomic E-state index is 0.0150. The Morgan fingerprint density at radius 2 is 1.64 bits per heavy atom. The Morgan fingerprint density at radius 3 is 2.14 bits per heavy atom. The van der Waals surface area contributed by atoms with E-state index < -0.39 is 27.7 Å². The molecule has 1 aromatic rings. The van der Waals surface area contributed by atoms with Gasteiger partial charge in [-0.15, -0.1) is 0 Å². The summed E-state index contributed by atoms with van der Waals surface area (Å²) in [5.41, 5.74) is 0.565. The maximum Gasteiger partial charge on any atom is 0.410 e. The molecule has 0 radical (unpaired) electrons. The molecule has 10 heteroatoms. The fraction of sp³-hybridized carbons (Fsp3) is 0.667. The lowest BCUT2D eigenvalue weighted by atomic mass is 10.2. The van der Waals surface area contributed by atoms with Gasteiger partial charge in [0.25, 0.3) is 10.0 Å². The number of H-pyrrole nitrogens is 1. The van der Waals surface area contributed by atoms with Crippen molar-refractivity contribution in [2.75, 3.05) is 32.8 Å². The fourth-order valence-electron chi connectivity index (χ4n) is 2.89. The molecule has 0 saturated carbocycles. The zero-order valence-corrected chi connectivity index (χ0v) is 18.1. The standard InChI is InChI=1S/C18H29N3O6S/c1-7-26-16(22)14-12(2)13(3)15(19-14)28(24,25)21-10-8-20(9-11-21)17(23)27-18(4,5)6/h19H,7-11H2,1-6H3. The number of hydrogen-bond donors (Lipinski definition) is 1. The third-order valence-electron chi connectivity index (χ3n) is 4.48. The number of nitrogens with zero attached hydrogens (tertiary/aromatic N) is 2. The fourth-order valence-corrected chi connectivity index (χ4v) is 4.56. The van der Waals surface area contributed by atoms with Gasteiger partial charge in [-0.05, 0) is 52.7 Å². The Morgan fingerprint density at radius 1 is 1.07 bits per heavy atom. The number of carbonyl (C=O) groups excluding carboxylic acids is 2. The van der Waals surface area contributed by atoms with Gasteiger partial charge >= 0.3 is 12.1 Å². The Balaban J connectivity index is 2.16. The van der Waals surface area contributed by atoms with Crippen LogP contribution in [0.2, 0.25) is 0 Å². The minimum atomic E-state index is -3.84. The lowest BCUT2D eigenvalue weighted by Gasteiger charge is -2.34. The van der Waals surface area contributed by atoms with Gasteiger partial charge in [-0.3, -0.25) is 0 Å². The predicted octanol–water partition coefficient (Wildman–Crippen LogP) is 2.05. The lowest BCUT2D eigenvalue weighted by molar-refractivity contribution is 0.0192. The molecule has 2 rings (SSSR count). The Hall–Kier alpha value is -2.07. The van der Waals surface area contributed by atoms with Crippen LogP contribution in [-0.4, -0.2) is 73.1 Å². The molecule has 28 heavy (non-hydrogen) atoms. The third kappa shape index (κ3) is 4.67. The van der Waals surface area contributed by atoms with Crippen molar-refractivity contribution >= 4 is 22.1 Å². The highest BCUT2D eigenvalue weighted by molar-refractivity contribution is 7.89. The number of piperazine rings is 1. The van der Waals surface area contributed by atoms with Gasteiger partial charge in [0.05, 0.1) is 6.61 Å². The van der Waals surface area contributed by atoms with Crippen LogP contribution in [-0.2, 0) is 19.5 Å². The summed E-state index contributed by atoms with van der Waals surface area (Å²) >= 11 is 0. The number of nitrogens with one attached hydrogen (secondary N) is 1. The molecule has 0 spiro atoms. The molecule has 1 saturated heterocycles. The van der Waals surface area contributed by atoms with Gasteiger partial charge in [-0.2, -0.15) is 4.31 Å². The van der Waals surface area contributed by atoms with Crippen LogP contribution in [0.5, 0.6) is 0 Å². The van der Waals surface area contributed by atoms with Gasteiger partial charge in [-0.1, -0.05) is 0 Å². The zero-order valence-electron chi connectivity index (χ0n) is 17.3. The van der Waals surface area contributed by atoms with Crippen LogP contribution in [0.15, 0.2) is 5.03 Å². The highest BCUT2D eigenvalue weighted by Crippen LogP contribution is 2.26. The summed E-state index contributed by atoms with van der Waals surface area (Å²) in [6.45, 7) is 11.3. The van der Waals surface area contributed by atoms with Crippen LogP contribution in [0.3, 0.4) is 0 Å². The van der Waals surface area contributed by atoms with Crippen molar-refractivity contribution in [3.63, 3.8) is 0 Å². The minimum Gasteiger partial charge on any atom is -0.461 e. The number of hydrogen-bond acceptors (Lipinski definition) is 6. The maximum absolute atomic E-state index is 13.1. The summed E-state index contributed by atoms with van der Waals surface area (Å²) < 4.78 is 37.8. The van der Waals surface area contributed by atoms with Crippen molar-refractivity contribution in [2.24, 2.45) is 0 Å². The van der Waals surface area contributed by atoms with E-state index in [1.807, 2.05) is 0 Å². The van der Waals surface area contributed by atoms with E-state index in [1.165, 1.54) is 9.21 Å². The summed E-state index contributed by atoms with van der Waals surface area (Å²) in [6.07, 6.45) is -0.457. The quantitative estimate of drug-likeness (QED) is 0.754. The molecule has 9 nitrogen and oxygen atoms in total. The third-order valence-corrected chi connectivity index (χ3v) is 6.45. The van der Waals surface area contributed by atoms with Gasteiger partial charge in [0.2, 0.25) is 0 Å². The normalized spacial score (nSPS) is 16.1. The first-order chi connectivity index (χ1) is 12.9. The Kier molecular flexibility index (Phi) is 6.44. The largest absolute Gasteiger partial charge is 0.461 e. The van der Waals surface area contributed by atoms with Crippen molar-refractivity contribution < 1.29 is 27.5 Å². The van der Waals surface area contributed by atoms with Crippen LogP contribution in [0.4, 0.5) is 4.79 Å². The monoisotopic (exact) mass is 415 g/mol. The van der Waals surface area contributed by atoms with E-state index in [1.54, 1.807) is 41.5 Å². The molecular formula is C18H29N3O6S. The number of rotatable bonds is 4. The number of aromatic nitrogens is 1. The molecule has 1 amide bonds. The molecule has 0 aromatic carbocycles. The smallest absolute Gasteiger partial charge is 0.410 e. The van der Waals surface area contributed by atoms with Crippen molar-refractivity contribution in [3.05, 3.63) is 16.8 Å². The van der Waals surface area contributed by atoms with Crippen molar-refractivity contribution in [3.8, 4) is 0 Å². The lowest BCUT2D eigenvalue weighted by Crippen LogP contribution is -2.51. The topological polar surface area (TPSA) is 109 Å². The molecule has 0 bridgehead atoms. The van der Waals surface area contributed by atoms with Gasteiger partial charge < -0.3 is 19.4 Å². The number of esters is 1. The summed E-state index contributed by atoms with van der Waals surface area (Å²) in [5, 5.41) is -0.0150. The second-order valence-corrected chi connectivity index (χ2v) is 9.55. The van der Waals surface area contributed by atoms with Crippen molar-refractivity contribution in [1.29, 1.82) is 0 Å². The van der Waals surface area contributed by atoms with Gasteiger partial charge in [0.1, 0.15) is 11.3 Å². The van der Waals surface area contributed by atoms with E-state index in [0.717, 1.165) is 0 Å². The Bertz CT molecular complexity index is 845. The van der Waals surface area contributed by atoms with E-state index in [-0.39, 0.29) is 43.5 Å². The highest BCUT2D eigenvalue weighted by Gasteiger charge is 2.35. The first-order valence-corrected chi connectivity index (χ1v) is 10.7. The summed E-state index contributed by atoms with van der Waals surface area (Å²) in [5.74, 6) is -0.584. The highest BCUT2D eigenvalue weighted by atomic mass is 32.2. The van der Waals surface area contributed by atoms with Crippen molar-refractivity contribution in [2.45, 2.75) is 52.2 Å². The number of sulfonamides is 1. The number of carbonyl (C=O) groups is 2. The van der Waals surface area contributed by atoms with Crippen LogP contribution < -0.4 is 0 Å². The maximum atomic E-state index is 13.1.